The maximum absolute atomic E-state index is 11.8. The topological polar surface area (TPSA) is 80.9 Å². The second-order valence-corrected chi connectivity index (χ2v) is 4.47. The van der Waals surface area contributed by atoms with Crippen LogP contribution in [-0.4, -0.2) is 22.1 Å². The van der Waals surface area contributed by atoms with Crippen molar-refractivity contribution < 1.29 is 4.79 Å². The third-order valence-electron chi connectivity index (χ3n) is 2.75. The van der Waals surface area contributed by atoms with Crippen LogP contribution in [0.5, 0.6) is 0 Å². The maximum atomic E-state index is 11.8. The van der Waals surface area contributed by atoms with Crippen LogP contribution in [0.2, 0.25) is 0 Å². The number of carbonyl (C=O) groups is 1. The van der Waals surface area contributed by atoms with Crippen molar-refractivity contribution in [3.8, 4) is 0 Å². The van der Waals surface area contributed by atoms with Crippen LogP contribution in [0, 0.1) is 5.92 Å². The number of nitrogens with two attached hydrogens (primary N) is 1. The van der Waals surface area contributed by atoms with E-state index in [1.165, 1.54) is 0 Å². The number of nitrogen functional groups attached to an aromatic ring is 1. The molecule has 0 saturated carbocycles. The Bertz CT molecular complexity index is 363. The number of hydrogen-bond acceptors (Lipinski definition) is 4. The molecule has 0 saturated heterocycles. The summed E-state index contributed by atoms with van der Waals surface area (Å²) in [6, 6.07) is 3.28. The van der Waals surface area contributed by atoms with Gasteiger partial charge in [0.25, 0.3) is 5.91 Å². The monoisotopic (exact) mass is 236 g/mol. The molecule has 0 radical (unpaired) electrons. The van der Waals surface area contributed by atoms with Gasteiger partial charge < -0.3 is 11.1 Å². The molecule has 0 aliphatic heterocycles. The Labute approximate surface area is 102 Å². The molecule has 94 valence electrons. The number of nitrogens with one attached hydrogen (secondary N) is 1. The molecule has 5 nitrogen and oxygen atoms in total. The van der Waals surface area contributed by atoms with Gasteiger partial charge in [-0.25, -0.2) is 0 Å². The van der Waals surface area contributed by atoms with Gasteiger partial charge in [0.15, 0.2) is 5.69 Å². The molecule has 2 atom stereocenters. The Hall–Kier alpha value is -1.65. The van der Waals surface area contributed by atoms with Gasteiger partial charge in [-0.15, -0.1) is 10.2 Å². The third kappa shape index (κ3) is 4.38. The number of amides is 1. The zero-order valence-corrected chi connectivity index (χ0v) is 10.6. The van der Waals surface area contributed by atoms with E-state index in [0.717, 1.165) is 12.8 Å². The van der Waals surface area contributed by atoms with Gasteiger partial charge in [0, 0.05) is 6.04 Å². The molecule has 1 aromatic rings. The van der Waals surface area contributed by atoms with Crippen LogP contribution in [0.15, 0.2) is 12.1 Å². The van der Waals surface area contributed by atoms with Crippen LogP contribution in [0.25, 0.3) is 0 Å². The predicted molar refractivity (Wildman–Crippen MR) is 67.4 cm³/mol. The molecular formula is C12H20N4O. The van der Waals surface area contributed by atoms with Crippen molar-refractivity contribution in [2.75, 3.05) is 5.73 Å². The summed E-state index contributed by atoms with van der Waals surface area (Å²) in [5, 5.41) is 10.3. The number of aromatic nitrogens is 2. The Kier molecular flexibility index (Phi) is 4.87. The second-order valence-electron chi connectivity index (χ2n) is 4.47. The zero-order valence-electron chi connectivity index (χ0n) is 10.6. The fraction of sp³-hybridized carbons (Fsp3) is 0.583. The van der Waals surface area contributed by atoms with Crippen LogP contribution in [0.4, 0.5) is 5.82 Å². The highest BCUT2D eigenvalue weighted by atomic mass is 16.2. The van der Waals surface area contributed by atoms with Crippen LogP contribution in [-0.2, 0) is 0 Å². The largest absolute Gasteiger partial charge is 0.382 e. The van der Waals surface area contributed by atoms with Crippen LogP contribution in [0.3, 0.4) is 0 Å². The first kappa shape index (κ1) is 13.4. The van der Waals surface area contributed by atoms with E-state index in [1.807, 2.05) is 6.92 Å². The fourth-order valence-electron chi connectivity index (χ4n) is 1.59. The van der Waals surface area contributed by atoms with Crippen LogP contribution in [0.1, 0.15) is 44.1 Å². The normalized spacial score (nSPS) is 14.1. The lowest BCUT2D eigenvalue weighted by Crippen LogP contribution is -2.34. The molecule has 0 bridgehead atoms. The number of hydrogen-bond donors (Lipinski definition) is 2. The summed E-state index contributed by atoms with van der Waals surface area (Å²) in [5.41, 5.74) is 5.71. The lowest BCUT2D eigenvalue weighted by Gasteiger charge is -2.17. The number of nitrogens with zero attached hydrogens (tertiary/aromatic N) is 2. The van der Waals surface area contributed by atoms with E-state index in [-0.39, 0.29) is 11.9 Å². The lowest BCUT2D eigenvalue weighted by atomic mass is 10.0. The molecule has 0 spiro atoms. The quantitative estimate of drug-likeness (QED) is 0.814. The van der Waals surface area contributed by atoms with Crippen LogP contribution >= 0.6 is 0 Å². The van der Waals surface area contributed by atoms with Gasteiger partial charge in [0.2, 0.25) is 0 Å². The summed E-state index contributed by atoms with van der Waals surface area (Å²) in [7, 11) is 0. The van der Waals surface area contributed by atoms with Gasteiger partial charge >= 0.3 is 0 Å². The van der Waals surface area contributed by atoms with E-state index >= 15 is 0 Å². The van der Waals surface area contributed by atoms with E-state index in [9.17, 15) is 4.79 Å². The molecular weight excluding hydrogens is 216 g/mol. The summed E-state index contributed by atoms with van der Waals surface area (Å²) in [6.07, 6.45) is 2.08. The van der Waals surface area contributed by atoms with Crippen molar-refractivity contribution in [1.29, 1.82) is 0 Å². The summed E-state index contributed by atoms with van der Waals surface area (Å²) < 4.78 is 0. The van der Waals surface area contributed by atoms with Gasteiger partial charge in [-0.3, -0.25) is 4.79 Å². The Morgan fingerprint density at radius 3 is 2.65 bits per heavy atom. The van der Waals surface area contributed by atoms with Gasteiger partial charge in [0.05, 0.1) is 0 Å². The molecule has 1 aromatic heterocycles. The minimum atomic E-state index is -0.201. The number of carbonyl (C=O) groups excluding carboxylic acids is 1. The number of rotatable bonds is 5. The minimum Gasteiger partial charge on any atom is -0.382 e. The summed E-state index contributed by atoms with van der Waals surface area (Å²) in [4.78, 5) is 11.8. The highest BCUT2D eigenvalue weighted by Gasteiger charge is 2.13. The maximum Gasteiger partial charge on any atom is 0.272 e. The molecule has 3 N–H and O–H groups in total. The van der Waals surface area contributed by atoms with Gasteiger partial charge in [0.1, 0.15) is 5.82 Å². The Morgan fingerprint density at radius 2 is 2.12 bits per heavy atom. The van der Waals surface area contributed by atoms with Gasteiger partial charge in [-0.2, -0.15) is 0 Å². The van der Waals surface area contributed by atoms with Gasteiger partial charge in [-0.1, -0.05) is 20.3 Å². The first-order valence-electron chi connectivity index (χ1n) is 5.93. The highest BCUT2D eigenvalue weighted by Crippen LogP contribution is 2.09. The van der Waals surface area contributed by atoms with E-state index in [2.05, 4.69) is 29.4 Å². The molecule has 1 rings (SSSR count). The first-order chi connectivity index (χ1) is 8.02. The molecule has 0 aliphatic rings. The Balaban J connectivity index is 2.51. The first-order valence-corrected chi connectivity index (χ1v) is 5.93. The van der Waals surface area contributed by atoms with Crippen LogP contribution < -0.4 is 11.1 Å². The molecule has 17 heavy (non-hydrogen) atoms. The van der Waals surface area contributed by atoms with E-state index in [0.29, 0.717) is 17.4 Å². The van der Waals surface area contributed by atoms with E-state index in [1.54, 1.807) is 12.1 Å². The van der Waals surface area contributed by atoms with Crippen molar-refractivity contribution in [3.05, 3.63) is 17.8 Å². The molecule has 1 heterocycles. The number of anilines is 1. The summed E-state index contributed by atoms with van der Waals surface area (Å²) in [5.74, 6) is 0.713. The smallest absolute Gasteiger partial charge is 0.272 e. The third-order valence-corrected chi connectivity index (χ3v) is 2.75. The molecule has 2 unspecified atom stereocenters. The van der Waals surface area contributed by atoms with Gasteiger partial charge in [-0.05, 0) is 31.4 Å². The zero-order chi connectivity index (χ0) is 12.8. The van der Waals surface area contributed by atoms with Crippen molar-refractivity contribution >= 4 is 11.7 Å². The van der Waals surface area contributed by atoms with E-state index in [4.69, 9.17) is 5.73 Å². The standard InChI is InChI=1S/C12H20N4O/c1-4-8(2)7-9(3)14-12(17)10-5-6-11(13)16-15-10/h5-6,8-9H,4,7H2,1-3H3,(H2,13,16)(H,14,17). The molecule has 1 amide bonds. The lowest BCUT2D eigenvalue weighted by molar-refractivity contribution is 0.0929. The molecule has 5 heteroatoms. The SMILES string of the molecule is CCC(C)CC(C)NC(=O)c1ccc(N)nn1. The van der Waals surface area contributed by atoms with Crippen molar-refractivity contribution in [3.63, 3.8) is 0 Å². The summed E-state index contributed by atoms with van der Waals surface area (Å²) >= 11 is 0. The van der Waals surface area contributed by atoms with Crippen molar-refractivity contribution in [1.82, 2.24) is 15.5 Å². The molecule has 0 aromatic carbocycles. The molecule has 0 fully saturated rings. The molecule has 0 aliphatic carbocycles. The van der Waals surface area contributed by atoms with Crippen molar-refractivity contribution in [2.24, 2.45) is 5.92 Å². The highest BCUT2D eigenvalue weighted by molar-refractivity contribution is 5.92. The van der Waals surface area contributed by atoms with Crippen molar-refractivity contribution in [2.45, 2.75) is 39.7 Å². The van der Waals surface area contributed by atoms with E-state index < -0.39 is 0 Å². The summed E-state index contributed by atoms with van der Waals surface area (Å²) in [6.45, 7) is 6.31. The second kappa shape index (κ2) is 6.18. The Morgan fingerprint density at radius 1 is 1.41 bits per heavy atom. The average Bonchev–Trinajstić information content (AvgIpc) is 2.29. The fourth-order valence-corrected chi connectivity index (χ4v) is 1.59. The average molecular weight is 236 g/mol. The minimum absolute atomic E-state index is 0.136. The predicted octanol–water partition coefficient (Wildman–Crippen LogP) is 1.61.